The third-order valence-corrected chi connectivity index (χ3v) is 3.40. The topological polar surface area (TPSA) is 102 Å². The zero-order valence-corrected chi connectivity index (χ0v) is 12.3. The third-order valence-electron chi connectivity index (χ3n) is 3.40. The molecule has 0 aliphatic carbocycles. The SMILES string of the molecule is CCC(C)C(NC(=O)Nc1cccc(C)c1C#N)C(=O)O. The Bertz CT molecular complexity index is 578. The summed E-state index contributed by atoms with van der Waals surface area (Å²) in [5.41, 5.74) is 1.47. The van der Waals surface area contributed by atoms with Crippen LogP contribution in [-0.4, -0.2) is 23.1 Å². The van der Waals surface area contributed by atoms with Crippen molar-refractivity contribution in [2.75, 3.05) is 5.32 Å². The number of nitrogens with one attached hydrogen (secondary N) is 2. The number of hydrogen-bond acceptors (Lipinski definition) is 3. The number of aryl methyl sites for hydroxylation is 1. The van der Waals surface area contributed by atoms with Crippen molar-refractivity contribution in [2.45, 2.75) is 33.2 Å². The number of benzene rings is 1. The van der Waals surface area contributed by atoms with Gasteiger partial charge in [0, 0.05) is 0 Å². The fourth-order valence-electron chi connectivity index (χ4n) is 1.90. The van der Waals surface area contributed by atoms with E-state index in [-0.39, 0.29) is 5.92 Å². The number of hydrogen-bond donors (Lipinski definition) is 3. The van der Waals surface area contributed by atoms with Gasteiger partial charge in [-0.25, -0.2) is 9.59 Å². The second kappa shape index (κ2) is 7.29. The van der Waals surface area contributed by atoms with E-state index in [1.54, 1.807) is 32.0 Å². The van der Waals surface area contributed by atoms with Crippen LogP contribution < -0.4 is 10.6 Å². The second-order valence-corrected chi connectivity index (χ2v) is 4.91. The number of aliphatic carboxylic acids is 1. The number of urea groups is 1. The minimum Gasteiger partial charge on any atom is -0.480 e. The average Bonchev–Trinajstić information content (AvgIpc) is 2.44. The van der Waals surface area contributed by atoms with Gasteiger partial charge in [-0.3, -0.25) is 0 Å². The largest absolute Gasteiger partial charge is 0.480 e. The van der Waals surface area contributed by atoms with E-state index < -0.39 is 18.0 Å². The standard InChI is InChI=1S/C15H19N3O3/c1-4-9(2)13(14(19)20)18-15(21)17-12-7-5-6-10(3)11(12)8-16/h5-7,9,13H,4H2,1-3H3,(H,19,20)(H2,17,18,21). The summed E-state index contributed by atoms with van der Waals surface area (Å²) in [6.45, 7) is 5.38. The van der Waals surface area contributed by atoms with Gasteiger partial charge in [0.1, 0.15) is 12.1 Å². The van der Waals surface area contributed by atoms with Gasteiger partial charge in [0.2, 0.25) is 0 Å². The number of nitriles is 1. The molecule has 2 atom stereocenters. The summed E-state index contributed by atoms with van der Waals surface area (Å²) in [6.07, 6.45) is 0.630. The molecule has 3 N–H and O–H groups in total. The highest BCUT2D eigenvalue weighted by Gasteiger charge is 2.25. The molecule has 6 nitrogen and oxygen atoms in total. The molecule has 1 rings (SSSR count). The van der Waals surface area contributed by atoms with Crippen LogP contribution in [0.4, 0.5) is 10.5 Å². The van der Waals surface area contributed by atoms with Crippen molar-refractivity contribution >= 4 is 17.7 Å². The Morgan fingerprint density at radius 1 is 1.43 bits per heavy atom. The maximum Gasteiger partial charge on any atom is 0.326 e. The summed E-state index contributed by atoms with van der Waals surface area (Å²) in [4.78, 5) is 23.1. The van der Waals surface area contributed by atoms with E-state index >= 15 is 0 Å². The predicted octanol–water partition coefficient (Wildman–Crippen LogP) is 2.49. The zero-order chi connectivity index (χ0) is 16.0. The lowest BCUT2D eigenvalue weighted by Crippen LogP contribution is -2.46. The molecule has 0 aliphatic heterocycles. The molecule has 0 saturated heterocycles. The molecular formula is C15H19N3O3. The number of carboxylic acid groups (broad SMARTS) is 1. The van der Waals surface area contributed by atoms with E-state index in [1.165, 1.54) is 0 Å². The average molecular weight is 289 g/mol. The van der Waals surface area contributed by atoms with E-state index in [4.69, 9.17) is 10.4 Å². The Labute approximate surface area is 123 Å². The fourth-order valence-corrected chi connectivity index (χ4v) is 1.90. The van der Waals surface area contributed by atoms with Crippen LogP contribution >= 0.6 is 0 Å². The Balaban J connectivity index is 2.85. The van der Waals surface area contributed by atoms with Crippen LogP contribution in [0.15, 0.2) is 18.2 Å². The Kier molecular flexibility index (Phi) is 5.73. The van der Waals surface area contributed by atoms with Gasteiger partial charge < -0.3 is 15.7 Å². The Hall–Kier alpha value is -2.55. The number of amides is 2. The first kappa shape index (κ1) is 16.5. The van der Waals surface area contributed by atoms with Gasteiger partial charge in [0.05, 0.1) is 11.3 Å². The van der Waals surface area contributed by atoms with Gasteiger partial charge in [-0.15, -0.1) is 0 Å². The van der Waals surface area contributed by atoms with Crippen LogP contribution in [0.5, 0.6) is 0 Å². The van der Waals surface area contributed by atoms with Crippen molar-refractivity contribution in [1.82, 2.24) is 5.32 Å². The fraction of sp³-hybridized carbons (Fsp3) is 0.400. The van der Waals surface area contributed by atoms with Gasteiger partial charge in [-0.2, -0.15) is 5.26 Å². The maximum atomic E-state index is 11.9. The Morgan fingerprint density at radius 2 is 2.10 bits per heavy atom. The maximum absolute atomic E-state index is 11.9. The first-order chi connectivity index (χ1) is 9.90. The van der Waals surface area contributed by atoms with E-state index in [2.05, 4.69) is 10.6 Å². The smallest absolute Gasteiger partial charge is 0.326 e. The number of carboxylic acids is 1. The van der Waals surface area contributed by atoms with E-state index in [1.807, 2.05) is 13.0 Å². The van der Waals surface area contributed by atoms with Crippen LogP contribution in [-0.2, 0) is 4.79 Å². The Morgan fingerprint density at radius 3 is 2.62 bits per heavy atom. The van der Waals surface area contributed by atoms with Crippen molar-refractivity contribution in [3.63, 3.8) is 0 Å². The van der Waals surface area contributed by atoms with Crippen LogP contribution in [0.3, 0.4) is 0 Å². The highest BCUT2D eigenvalue weighted by molar-refractivity contribution is 5.93. The molecule has 0 aromatic heterocycles. The third kappa shape index (κ3) is 4.21. The molecule has 0 aliphatic rings. The number of nitrogens with zero attached hydrogens (tertiary/aromatic N) is 1. The van der Waals surface area contributed by atoms with Crippen molar-refractivity contribution in [3.8, 4) is 6.07 Å². The van der Waals surface area contributed by atoms with Gasteiger partial charge in [0.25, 0.3) is 0 Å². The van der Waals surface area contributed by atoms with Crippen molar-refractivity contribution < 1.29 is 14.7 Å². The molecule has 21 heavy (non-hydrogen) atoms. The molecule has 0 spiro atoms. The van der Waals surface area contributed by atoms with E-state index in [0.29, 0.717) is 17.7 Å². The summed E-state index contributed by atoms with van der Waals surface area (Å²) in [5.74, 6) is -1.27. The lowest BCUT2D eigenvalue weighted by molar-refractivity contribution is -0.140. The summed E-state index contributed by atoms with van der Waals surface area (Å²) in [7, 11) is 0. The number of carbonyl (C=O) groups is 2. The summed E-state index contributed by atoms with van der Waals surface area (Å²) >= 11 is 0. The van der Waals surface area contributed by atoms with Crippen LogP contribution in [0.2, 0.25) is 0 Å². The van der Waals surface area contributed by atoms with Gasteiger partial charge >= 0.3 is 12.0 Å². The summed E-state index contributed by atoms with van der Waals surface area (Å²) in [6, 6.07) is 5.50. The molecule has 0 heterocycles. The highest BCUT2D eigenvalue weighted by atomic mass is 16.4. The monoisotopic (exact) mass is 289 g/mol. The van der Waals surface area contributed by atoms with Gasteiger partial charge in [0.15, 0.2) is 0 Å². The molecule has 0 bridgehead atoms. The van der Waals surface area contributed by atoms with Gasteiger partial charge in [-0.1, -0.05) is 32.4 Å². The predicted molar refractivity (Wildman–Crippen MR) is 78.9 cm³/mol. The molecule has 2 amide bonds. The number of carbonyl (C=O) groups excluding carboxylic acids is 1. The van der Waals surface area contributed by atoms with Crippen molar-refractivity contribution in [3.05, 3.63) is 29.3 Å². The van der Waals surface area contributed by atoms with Gasteiger partial charge in [-0.05, 0) is 24.5 Å². The first-order valence-electron chi connectivity index (χ1n) is 6.70. The lowest BCUT2D eigenvalue weighted by atomic mass is 9.99. The second-order valence-electron chi connectivity index (χ2n) is 4.91. The summed E-state index contributed by atoms with van der Waals surface area (Å²) < 4.78 is 0. The minimum atomic E-state index is -1.08. The van der Waals surface area contributed by atoms with E-state index in [0.717, 1.165) is 5.56 Å². The quantitative estimate of drug-likeness (QED) is 0.774. The molecule has 2 unspecified atom stereocenters. The molecule has 112 valence electrons. The number of rotatable bonds is 5. The lowest BCUT2D eigenvalue weighted by Gasteiger charge is -2.20. The van der Waals surface area contributed by atoms with Crippen LogP contribution in [0.25, 0.3) is 0 Å². The molecule has 1 aromatic rings. The molecule has 6 heteroatoms. The van der Waals surface area contributed by atoms with Crippen LogP contribution in [0, 0.1) is 24.2 Å². The van der Waals surface area contributed by atoms with E-state index in [9.17, 15) is 9.59 Å². The minimum absolute atomic E-state index is 0.193. The molecule has 0 saturated carbocycles. The normalized spacial score (nSPS) is 12.9. The molecule has 0 fully saturated rings. The molecular weight excluding hydrogens is 270 g/mol. The molecule has 0 radical (unpaired) electrons. The van der Waals surface area contributed by atoms with Crippen molar-refractivity contribution in [1.29, 1.82) is 5.26 Å². The van der Waals surface area contributed by atoms with Crippen molar-refractivity contribution in [2.24, 2.45) is 5.92 Å². The van der Waals surface area contributed by atoms with Crippen LogP contribution in [0.1, 0.15) is 31.4 Å². The summed E-state index contributed by atoms with van der Waals surface area (Å²) in [5, 5.41) is 23.2. The first-order valence-corrected chi connectivity index (χ1v) is 6.70. The highest BCUT2D eigenvalue weighted by Crippen LogP contribution is 2.18. The number of anilines is 1. The zero-order valence-electron chi connectivity index (χ0n) is 12.3. The molecule has 1 aromatic carbocycles.